The smallest absolute Gasteiger partial charge is 0.317 e. The Balaban J connectivity index is 3.77. The van der Waals surface area contributed by atoms with Crippen LogP contribution in [0, 0.1) is 0 Å². The number of amides is 3. The first-order valence-corrected chi connectivity index (χ1v) is 3.92. The van der Waals surface area contributed by atoms with Gasteiger partial charge in [-0.15, -0.1) is 0 Å². The highest BCUT2D eigenvalue weighted by molar-refractivity contribution is 5.82. The summed E-state index contributed by atoms with van der Waals surface area (Å²) in [5, 5.41) is 2.40. The number of nitrogens with zero attached hydrogens (tertiary/aromatic N) is 1. The third kappa shape index (κ3) is 3.80. The molecule has 0 aliphatic heterocycles. The Morgan fingerprint density at radius 3 is 2.17 bits per heavy atom. The average molecular weight is 173 g/mol. The summed E-state index contributed by atoms with van der Waals surface area (Å²) in [6.45, 7) is 4.89. The van der Waals surface area contributed by atoms with Crippen LogP contribution in [0.15, 0.2) is 0 Å². The number of urea groups is 1. The molecular formula is C7H15N3O2. The highest BCUT2D eigenvalue weighted by Gasteiger charge is 2.08. The van der Waals surface area contributed by atoms with E-state index in [0.717, 1.165) is 0 Å². The first-order chi connectivity index (χ1) is 5.61. The first-order valence-electron chi connectivity index (χ1n) is 3.92. The van der Waals surface area contributed by atoms with Crippen molar-refractivity contribution in [2.45, 2.75) is 13.8 Å². The summed E-state index contributed by atoms with van der Waals surface area (Å²) in [5.41, 5.74) is 4.85. The van der Waals surface area contributed by atoms with E-state index in [1.54, 1.807) is 4.90 Å². The molecule has 3 amide bonds. The SMILES string of the molecule is CCN(CC)C(=O)NCC(N)=O. The van der Waals surface area contributed by atoms with Gasteiger partial charge in [0.25, 0.3) is 0 Å². The minimum absolute atomic E-state index is 0.102. The van der Waals surface area contributed by atoms with Gasteiger partial charge in [0.1, 0.15) is 0 Å². The number of nitrogens with one attached hydrogen (secondary N) is 1. The molecule has 5 nitrogen and oxygen atoms in total. The second-order valence-corrected chi connectivity index (χ2v) is 2.30. The van der Waals surface area contributed by atoms with E-state index in [2.05, 4.69) is 5.32 Å². The molecule has 0 aromatic heterocycles. The highest BCUT2D eigenvalue weighted by Crippen LogP contribution is 1.86. The zero-order valence-corrected chi connectivity index (χ0v) is 7.46. The van der Waals surface area contributed by atoms with Crippen LogP contribution in [0.2, 0.25) is 0 Å². The molecule has 0 rings (SSSR count). The quantitative estimate of drug-likeness (QED) is 0.602. The van der Waals surface area contributed by atoms with E-state index in [1.807, 2.05) is 13.8 Å². The lowest BCUT2D eigenvalue weighted by Crippen LogP contribution is -2.43. The number of carbonyl (C=O) groups is 2. The van der Waals surface area contributed by atoms with E-state index in [9.17, 15) is 9.59 Å². The van der Waals surface area contributed by atoms with E-state index < -0.39 is 5.91 Å². The normalized spacial score (nSPS) is 9.17. The van der Waals surface area contributed by atoms with Gasteiger partial charge in [-0.2, -0.15) is 0 Å². The van der Waals surface area contributed by atoms with Crippen molar-refractivity contribution in [3.8, 4) is 0 Å². The molecule has 0 atom stereocenters. The van der Waals surface area contributed by atoms with Crippen molar-refractivity contribution in [1.29, 1.82) is 0 Å². The number of rotatable bonds is 4. The van der Waals surface area contributed by atoms with Gasteiger partial charge in [-0.1, -0.05) is 0 Å². The molecule has 70 valence electrons. The van der Waals surface area contributed by atoms with Crippen LogP contribution < -0.4 is 11.1 Å². The molecule has 0 saturated carbocycles. The number of nitrogens with two attached hydrogens (primary N) is 1. The first kappa shape index (κ1) is 10.7. The summed E-state index contributed by atoms with van der Waals surface area (Å²) in [6, 6.07) is -0.251. The van der Waals surface area contributed by atoms with Gasteiger partial charge in [-0.25, -0.2) is 4.79 Å². The van der Waals surface area contributed by atoms with E-state index in [1.165, 1.54) is 0 Å². The molecular weight excluding hydrogens is 158 g/mol. The Bertz CT molecular complexity index is 166. The average Bonchev–Trinajstić information content (AvgIpc) is 2.03. The molecule has 0 spiro atoms. The molecule has 0 aliphatic carbocycles. The van der Waals surface area contributed by atoms with Crippen LogP contribution in [0.3, 0.4) is 0 Å². The predicted molar refractivity (Wildman–Crippen MR) is 45.5 cm³/mol. The Morgan fingerprint density at radius 2 is 1.83 bits per heavy atom. The maximum atomic E-state index is 11.1. The number of primary amides is 1. The fourth-order valence-electron chi connectivity index (χ4n) is 0.785. The topological polar surface area (TPSA) is 75.4 Å². The van der Waals surface area contributed by atoms with Crippen molar-refractivity contribution >= 4 is 11.9 Å². The van der Waals surface area contributed by atoms with Crippen LogP contribution in [-0.2, 0) is 4.79 Å². The van der Waals surface area contributed by atoms with Crippen molar-refractivity contribution in [2.24, 2.45) is 5.73 Å². The van der Waals surface area contributed by atoms with Crippen LogP contribution in [-0.4, -0.2) is 36.5 Å². The molecule has 0 bridgehead atoms. The molecule has 0 aliphatic rings. The number of hydrogen-bond acceptors (Lipinski definition) is 2. The molecule has 0 heterocycles. The van der Waals surface area contributed by atoms with Crippen LogP contribution >= 0.6 is 0 Å². The second-order valence-electron chi connectivity index (χ2n) is 2.30. The molecule has 3 N–H and O–H groups in total. The standard InChI is InChI=1S/C7H15N3O2/c1-3-10(4-2)7(12)9-5-6(8)11/h3-5H2,1-2H3,(H2,8,11)(H,9,12). The van der Waals surface area contributed by atoms with Crippen molar-refractivity contribution in [3.05, 3.63) is 0 Å². The Kier molecular flexibility index (Phi) is 4.83. The maximum Gasteiger partial charge on any atom is 0.317 e. The van der Waals surface area contributed by atoms with Crippen molar-refractivity contribution in [1.82, 2.24) is 10.2 Å². The van der Waals surface area contributed by atoms with Gasteiger partial charge in [0.05, 0.1) is 6.54 Å². The van der Waals surface area contributed by atoms with Gasteiger partial charge in [-0.05, 0) is 13.8 Å². The highest BCUT2D eigenvalue weighted by atomic mass is 16.2. The summed E-state index contributed by atoms with van der Waals surface area (Å²) in [4.78, 5) is 23.0. The molecule has 5 heteroatoms. The number of hydrogen-bond donors (Lipinski definition) is 2. The number of carbonyl (C=O) groups excluding carboxylic acids is 2. The van der Waals surface area contributed by atoms with E-state index in [4.69, 9.17) is 5.73 Å². The van der Waals surface area contributed by atoms with Gasteiger partial charge < -0.3 is 16.0 Å². The Hall–Kier alpha value is -1.26. The third-order valence-electron chi connectivity index (χ3n) is 1.46. The lowest BCUT2D eigenvalue weighted by atomic mass is 10.5. The monoisotopic (exact) mass is 173 g/mol. The van der Waals surface area contributed by atoms with Gasteiger partial charge in [0.2, 0.25) is 5.91 Å². The fourth-order valence-corrected chi connectivity index (χ4v) is 0.785. The fraction of sp³-hybridized carbons (Fsp3) is 0.714. The summed E-state index contributed by atoms with van der Waals surface area (Å²) in [5.74, 6) is -0.532. The minimum atomic E-state index is -0.532. The van der Waals surface area contributed by atoms with E-state index >= 15 is 0 Å². The van der Waals surface area contributed by atoms with Crippen LogP contribution in [0.25, 0.3) is 0 Å². The van der Waals surface area contributed by atoms with Crippen molar-refractivity contribution in [3.63, 3.8) is 0 Å². The maximum absolute atomic E-state index is 11.1. The Morgan fingerprint density at radius 1 is 1.33 bits per heavy atom. The Labute approximate surface area is 71.9 Å². The van der Waals surface area contributed by atoms with Crippen molar-refractivity contribution < 1.29 is 9.59 Å². The summed E-state index contributed by atoms with van der Waals surface area (Å²) in [6.07, 6.45) is 0. The summed E-state index contributed by atoms with van der Waals surface area (Å²) >= 11 is 0. The molecule has 0 aromatic carbocycles. The van der Waals surface area contributed by atoms with Crippen LogP contribution in [0.4, 0.5) is 4.79 Å². The second kappa shape index (κ2) is 5.40. The van der Waals surface area contributed by atoms with Crippen LogP contribution in [0.5, 0.6) is 0 Å². The van der Waals surface area contributed by atoms with Gasteiger partial charge in [0, 0.05) is 13.1 Å². The minimum Gasteiger partial charge on any atom is -0.368 e. The van der Waals surface area contributed by atoms with Crippen molar-refractivity contribution in [2.75, 3.05) is 19.6 Å². The third-order valence-corrected chi connectivity index (χ3v) is 1.46. The lowest BCUT2D eigenvalue weighted by Gasteiger charge is -2.18. The summed E-state index contributed by atoms with van der Waals surface area (Å²) < 4.78 is 0. The zero-order chi connectivity index (χ0) is 9.56. The molecule has 0 fully saturated rings. The zero-order valence-electron chi connectivity index (χ0n) is 7.46. The van der Waals surface area contributed by atoms with E-state index in [-0.39, 0.29) is 12.6 Å². The molecule has 0 saturated heterocycles. The van der Waals surface area contributed by atoms with E-state index in [0.29, 0.717) is 13.1 Å². The van der Waals surface area contributed by atoms with Gasteiger partial charge in [0.15, 0.2) is 0 Å². The summed E-state index contributed by atoms with van der Waals surface area (Å²) in [7, 11) is 0. The van der Waals surface area contributed by atoms with Gasteiger partial charge in [-0.3, -0.25) is 4.79 Å². The predicted octanol–water partition coefficient (Wildman–Crippen LogP) is -0.477. The van der Waals surface area contributed by atoms with Gasteiger partial charge >= 0.3 is 6.03 Å². The lowest BCUT2D eigenvalue weighted by molar-refractivity contribution is -0.117. The molecule has 12 heavy (non-hydrogen) atoms. The van der Waals surface area contributed by atoms with Crippen LogP contribution in [0.1, 0.15) is 13.8 Å². The molecule has 0 aromatic rings. The largest absolute Gasteiger partial charge is 0.368 e. The molecule has 0 unspecified atom stereocenters. The molecule has 0 radical (unpaired) electrons.